The zero-order valence-corrected chi connectivity index (χ0v) is 8.97. The van der Waals surface area contributed by atoms with Crippen LogP contribution >= 0.6 is 11.8 Å². The third kappa shape index (κ3) is 2.60. The van der Waals surface area contributed by atoms with Crippen molar-refractivity contribution in [3.8, 4) is 6.07 Å². The van der Waals surface area contributed by atoms with E-state index in [4.69, 9.17) is 10.00 Å². The molecule has 1 unspecified atom stereocenters. The number of rotatable bonds is 4. The van der Waals surface area contributed by atoms with E-state index < -0.39 is 6.10 Å². The topological polar surface area (TPSA) is 50.1 Å². The van der Waals surface area contributed by atoms with Crippen LogP contribution in [0.4, 0.5) is 0 Å². The fourth-order valence-corrected chi connectivity index (χ4v) is 2.47. The van der Waals surface area contributed by atoms with Gasteiger partial charge < -0.3 is 9.53 Å². The summed E-state index contributed by atoms with van der Waals surface area (Å²) in [6, 6.07) is 2.09. The zero-order valence-electron chi connectivity index (χ0n) is 8.16. The van der Waals surface area contributed by atoms with Crippen LogP contribution < -0.4 is 0 Å². The van der Waals surface area contributed by atoms with Gasteiger partial charge in [0.2, 0.25) is 0 Å². The van der Waals surface area contributed by atoms with Gasteiger partial charge in [0.1, 0.15) is 6.10 Å². The molecule has 1 atom stereocenters. The molecular weight excluding hydrogens is 198 g/mol. The first-order valence-corrected chi connectivity index (χ1v) is 5.75. The maximum Gasteiger partial charge on any atom is 0.154 e. The Labute approximate surface area is 88.1 Å². The molecule has 1 fully saturated rings. The van der Waals surface area contributed by atoms with E-state index in [0.29, 0.717) is 18.5 Å². The summed E-state index contributed by atoms with van der Waals surface area (Å²) in [5.41, 5.74) is 1.59. The highest BCUT2D eigenvalue weighted by Crippen LogP contribution is 2.27. The number of carbonyl (C=O) groups is 1. The van der Waals surface area contributed by atoms with E-state index in [1.165, 1.54) is 0 Å². The third-order valence-corrected chi connectivity index (χ3v) is 3.13. The first-order chi connectivity index (χ1) is 6.83. The molecule has 4 heteroatoms. The van der Waals surface area contributed by atoms with Gasteiger partial charge in [-0.05, 0) is 24.7 Å². The minimum Gasteiger partial charge on any atom is -0.366 e. The third-order valence-electron chi connectivity index (χ3n) is 2.08. The van der Waals surface area contributed by atoms with E-state index in [9.17, 15) is 4.79 Å². The maximum atomic E-state index is 10.7. The van der Waals surface area contributed by atoms with Gasteiger partial charge in [-0.25, -0.2) is 0 Å². The lowest BCUT2D eigenvalue weighted by Gasteiger charge is -2.11. The average Bonchev–Trinajstić information content (AvgIpc) is 2.71. The predicted molar refractivity (Wildman–Crippen MR) is 56.1 cm³/mol. The molecule has 76 valence electrons. The lowest BCUT2D eigenvalue weighted by atomic mass is 10.0. The maximum absolute atomic E-state index is 10.7. The normalized spacial score (nSPS) is 21.4. The van der Waals surface area contributed by atoms with Crippen LogP contribution in [0.3, 0.4) is 0 Å². The highest BCUT2D eigenvalue weighted by Gasteiger charge is 2.20. The Morgan fingerprint density at radius 2 is 2.64 bits per heavy atom. The summed E-state index contributed by atoms with van der Waals surface area (Å²) in [4.78, 5) is 10.7. The molecule has 1 heterocycles. The number of hydrogen-bond donors (Lipinski definition) is 0. The molecule has 1 aliphatic heterocycles. The van der Waals surface area contributed by atoms with Crippen molar-refractivity contribution in [3.63, 3.8) is 0 Å². The van der Waals surface area contributed by atoms with Crippen LogP contribution in [-0.2, 0) is 9.53 Å². The first kappa shape index (κ1) is 11.3. The van der Waals surface area contributed by atoms with Crippen molar-refractivity contribution in [1.82, 2.24) is 0 Å². The van der Waals surface area contributed by atoms with Crippen molar-refractivity contribution in [2.45, 2.75) is 19.4 Å². The molecule has 0 aromatic heterocycles. The molecule has 0 aliphatic carbocycles. The van der Waals surface area contributed by atoms with E-state index in [0.717, 1.165) is 23.5 Å². The first-order valence-electron chi connectivity index (χ1n) is 4.60. The van der Waals surface area contributed by atoms with E-state index in [-0.39, 0.29) is 0 Å². The monoisotopic (exact) mass is 211 g/mol. The van der Waals surface area contributed by atoms with Gasteiger partial charge in [0, 0.05) is 12.4 Å². The molecule has 0 N–H and O–H groups in total. The van der Waals surface area contributed by atoms with Crippen molar-refractivity contribution in [1.29, 1.82) is 5.26 Å². The molecule has 14 heavy (non-hydrogen) atoms. The smallest absolute Gasteiger partial charge is 0.154 e. The van der Waals surface area contributed by atoms with Gasteiger partial charge in [0.05, 0.1) is 11.6 Å². The van der Waals surface area contributed by atoms with E-state index in [2.05, 4.69) is 6.07 Å². The summed E-state index contributed by atoms with van der Waals surface area (Å²) in [5.74, 6) is 1.90. The number of thioether (sulfide) groups is 1. The molecule has 0 aromatic carbocycles. The van der Waals surface area contributed by atoms with Crippen LogP contribution in [0.2, 0.25) is 0 Å². The van der Waals surface area contributed by atoms with Crippen LogP contribution in [0.1, 0.15) is 13.3 Å². The fourth-order valence-electron chi connectivity index (χ4n) is 1.39. The second-order valence-corrected chi connectivity index (χ2v) is 4.05. The zero-order chi connectivity index (χ0) is 10.4. The van der Waals surface area contributed by atoms with Crippen LogP contribution in [0.25, 0.3) is 0 Å². The average molecular weight is 211 g/mol. The molecule has 3 nitrogen and oxygen atoms in total. The van der Waals surface area contributed by atoms with Crippen molar-refractivity contribution >= 4 is 18.0 Å². The Morgan fingerprint density at radius 1 is 1.86 bits per heavy atom. The minimum absolute atomic E-state index is 0.453. The number of aldehydes is 1. The van der Waals surface area contributed by atoms with Crippen molar-refractivity contribution in [3.05, 3.63) is 11.1 Å². The van der Waals surface area contributed by atoms with E-state index in [1.807, 2.05) is 6.92 Å². The Bertz CT molecular complexity index is 272. The lowest BCUT2D eigenvalue weighted by molar-refractivity contribution is -0.115. The highest BCUT2D eigenvalue weighted by molar-refractivity contribution is 7.99. The summed E-state index contributed by atoms with van der Waals surface area (Å²) in [6.45, 7) is 2.27. The van der Waals surface area contributed by atoms with Crippen LogP contribution in [0.15, 0.2) is 11.1 Å². The SMILES string of the molecule is CCOC(C=O)/C(C#N)=C1\CCSC1. The Kier molecular flexibility index (Phi) is 4.71. The number of nitriles is 1. The van der Waals surface area contributed by atoms with Gasteiger partial charge in [-0.15, -0.1) is 0 Å². The summed E-state index contributed by atoms with van der Waals surface area (Å²) in [5, 5.41) is 8.96. The molecule has 1 aliphatic rings. The van der Waals surface area contributed by atoms with Gasteiger partial charge in [-0.1, -0.05) is 0 Å². The van der Waals surface area contributed by atoms with Gasteiger partial charge in [0.15, 0.2) is 6.29 Å². The van der Waals surface area contributed by atoms with Crippen LogP contribution in [0, 0.1) is 11.3 Å². The van der Waals surface area contributed by atoms with Gasteiger partial charge in [-0.2, -0.15) is 17.0 Å². The van der Waals surface area contributed by atoms with Crippen molar-refractivity contribution in [2.24, 2.45) is 0 Å². The number of nitrogens with zero attached hydrogens (tertiary/aromatic N) is 1. The van der Waals surface area contributed by atoms with E-state index in [1.54, 1.807) is 11.8 Å². The summed E-state index contributed by atoms with van der Waals surface area (Å²) in [6.07, 6.45) is 0.960. The number of carbonyl (C=O) groups excluding carboxylic acids is 1. The quantitative estimate of drug-likeness (QED) is 0.523. The summed E-state index contributed by atoms with van der Waals surface area (Å²) >= 11 is 1.79. The highest BCUT2D eigenvalue weighted by atomic mass is 32.2. The van der Waals surface area contributed by atoms with Crippen LogP contribution in [0.5, 0.6) is 0 Å². The Morgan fingerprint density at radius 3 is 3.07 bits per heavy atom. The summed E-state index contributed by atoms with van der Waals surface area (Å²) < 4.78 is 5.20. The molecule has 0 aromatic rings. The fraction of sp³-hybridized carbons (Fsp3) is 0.600. The summed E-state index contributed by atoms with van der Waals surface area (Å²) in [7, 11) is 0. The second kappa shape index (κ2) is 5.84. The second-order valence-electron chi connectivity index (χ2n) is 2.94. The van der Waals surface area contributed by atoms with Gasteiger partial charge >= 0.3 is 0 Å². The largest absolute Gasteiger partial charge is 0.366 e. The minimum atomic E-state index is -0.654. The van der Waals surface area contributed by atoms with Crippen molar-refractivity contribution < 1.29 is 9.53 Å². The predicted octanol–water partition coefficient (Wildman–Crippen LogP) is 1.55. The molecule has 0 bridgehead atoms. The molecule has 1 rings (SSSR count). The Balaban J connectivity index is 2.83. The van der Waals surface area contributed by atoms with Gasteiger partial charge in [0.25, 0.3) is 0 Å². The van der Waals surface area contributed by atoms with Gasteiger partial charge in [-0.3, -0.25) is 0 Å². The molecular formula is C10H13NO2S. The molecule has 0 spiro atoms. The standard InChI is InChI=1S/C10H13NO2S/c1-2-13-10(6-12)9(5-11)8-3-4-14-7-8/h6,10H,2-4,7H2,1H3/b9-8+. The number of ether oxygens (including phenoxy) is 1. The Hall–Kier alpha value is -0.790. The molecule has 1 saturated heterocycles. The van der Waals surface area contributed by atoms with Crippen molar-refractivity contribution in [2.75, 3.05) is 18.1 Å². The van der Waals surface area contributed by atoms with E-state index >= 15 is 0 Å². The number of hydrogen-bond acceptors (Lipinski definition) is 4. The van der Waals surface area contributed by atoms with Crippen LogP contribution in [-0.4, -0.2) is 30.5 Å². The molecule has 0 saturated carbocycles. The molecule has 0 radical (unpaired) electrons. The lowest BCUT2D eigenvalue weighted by Crippen LogP contribution is -2.18. The molecule has 0 amide bonds.